The van der Waals surface area contributed by atoms with Gasteiger partial charge in [0.1, 0.15) is 0 Å². The summed E-state index contributed by atoms with van der Waals surface area (Å²) < 4.78 is 4.37. The van der Waals surface area contributed by atoms with Crippen molar-refractivity contribution in [2.24, 2.45) is 5.92 Å². The van der Waals surface area contributed by atoms with Crippen LogP contribution in [0.4, 0.5) is 0 Å². The van der Waals surface area contributed by atoms with E-state index in [9.17, 15) is 9.59 Å². The zero-order chi connectivity index (χ0) is 9.84. The van der Waals surface area contributed by atoms with Crippen LogP contribution >= 0.6 is 0 Å². The average molecular weight is 185 g/mol. The lowest BCUT2D eigenvalue weighted by Crippen LogP contribution is -2.43. The molecule has 4 heteroatoms. The predicted molar refractivity (Wildman–Crippen MR) is 47.0 cm³/mol. The lowest BCUT2D eigenvalue weighted by atomic mass is 10.0. The monoisotopic (exact) mass is 185 g/mol. The Morgan fingerprint density at radius 2 is 2.15 bits per heavy atom. The highest BCUT2D eigenvalue weighted by molar-refractivity contribution is 6.32. The fraction of sp³-hybridized carbons (Fsp3) is 0.778. The van der Waals surface area contributed by atoms with Gasteiger partial charge in [-0.25, -0.2) is 4.79 Å². The van der Waals surface area contributed by atoms with Gasteiger partial charge in [-0.3, -0.25) is 4.79 Å². The quantitative estimate of drug-likeness (QED) is 0.406. The summed E-state index contributed by atoms with van der Waals surface area (Å²) in [5, 5.41) is 0. The number of likely N-dealkylation sites (tertiary alicyclic amines) is 1. The minimum atomic E-state index is -0.755. The van der Waals surface area contributed by atoms with Crippen molar-refractivity contribution in [3.8, 4) is 0 Å². The Morgan fingerprint density at radius 3 is 2.69 bits per heavy atom. The van der Waals surface area contributed by atoms with E-state index in [1.165, 1.54) is 7.11 Å². The van der Waals surface area contributed by atoms with Crippen molar-refractivity contribution in [3.63, 3.8) is 0 Å². The molecule has 1 aliphatic rings. The number of hydrogen-bond donors (Lipinski definition) is 0. The fourth-order valence-corrected chi connectivity index (χ4v) is 1.59. The Labute approximate surface area is 77.8 Å². The van der Waals surface area contributed by atoms with E-state index in [2.05, 4.69) is 11.7 Å². The summed E-state index contributed by atoms with van der Waals surface area (Å²) in [6.07, 6.45) is 2.11. The molecule has 0 aromatic carbocycles. The first kappa shape index (κ1) is 10.0. The first-order chi connectivity index (χ1) is 6.15. The molecule has 0 bridgehead atoms. The van der Waals surface area contributed by atoms with Crippen LogP contribution in [0.25, 0.3) is 0 Å². The third-order valence-corrected chi connectivity index (χ3v) is 2.30. The van der Waals surface area contributed by atoms with Crippen LogP contribution in [0, 0.1) is 5.92 Å². The molecule has 1 aliphatic heterocycles. The van der Waals surface area contributed by atoms with Crippen molar-refractivity contribution in [2.45, 2.75) is 19.8 Å². The van der Waals surface area contributed by atoms with Gasteiger partial charge in [-0.2, -0.15) is 0 Å². The van der Waals surface area contributed by atoms with E-state index in [1.54, 1.807) is 4.90 Å². The largest absolute Gasteiger partial charge is 0.462 e. The molecule has 0 aromatic heterocycles. The second-order valence-electron chi connectivity index (χ2n) is 3.49. The molecule has 0 N–H and O–H groups in total. The highest BCUT2D eigenvalue weighted by atomic mass is 16.5. The van der Waals surface area contributed by atoms with Gasteiger partial charge in [-0.05, 0) is 18.8 Å². The molecular weight excluding hydrogens is 170 g/mol. The van der Waals surface area contributed by atoms with Crippen LogP contribution < -0.4 is 0 Å². The normalized spacial score (nSPS) is 22.6. The van der Waals surface area contributed by atoms with Crippen molar-refractivity contribution >= 4 is 11.9 Å². The number of methoxy groups -OCH3 is 1. The van der Waals surface area contributed by atoms with Crippen molar-refractivity contribution in [1.29, 1.82) is 0 Å². The molecule has 0 saturated carbocycles. The van der Waals surface area contributed by atoms with Crippen molar-refractivity contribution in [1.82, 2.24) is 4.90 Å². The molecule has 13 heavy (non-hydrogen) atoms. The van der Waals surface area contributed by atoms with Crippen molar-refractivity contribution in [3.05, 3.63) is 0 Å². The van der Waals surface area contributed by atoms with E-state index >= 15 is 0 Å². The predicted octanol–water partition coefficient (Wildman–Crippen LogP) is 0.418. The highest BCUT2D eigenvalue weighted by Gasteiger charge is 2.26. The molecule has 0 aliphatic carbocycles. The maximum absolute atomic E-state index is 11.3. The molecule has 1 heterocycles. The lowest BCUT2D eigenvalue weighted by molar-refractivity contribution is -0.159. The van der Waals surface area contributed by atoms with Crippen molar-refractivity contribution in [2.75, 3.05) is 20.2 Å². The number of hydrogen-bond acceptors (Lipinski definition) is 3. The maximum Gasteiger partial charge on any atom is 0.396 e. The minimum absolute atomic E-state index is 0.488. The number of ether oxygens (including phenoxy) is 1. The Bertz CT molecular complexity index is 215. The molecule has 0 radical (unpaired) electrons. The number of carbonyl (C=O) groups is 2. The topological polar surface area (TPSA) is 46.6 Å². The van der Waals surface area contributed by atoms with Gasteiger partial charge in [0, 0.05) is 13.1 Å². The highest BCUT2D eigenvalue weighted by Crippen LogP contribution is 2.15. The summed E-state index contributed by atoms with van der Waals surface area (Å²) >= 11 is 0. The minimum Gasteiger partial charge on any atom is -0.462 e. The lowest BCUT2D eigenvalue weighted by Gasteiger charge is -2.29. The SMILES string of the molecule is COC(=O)C(=O)N1CCCC(C)C1. The zero-order valence-corrected chi connectivity index (χ0v) is 8.08. The van der Waals surface area contributed by atoms with E-state index in [-0.39, 0.29) is 0 Å². The Balaban J connectivity index is 2.51. The summed E-state index contributed by atoms with van der Waals surface area (Å²) in [7, 11) is 1.23. The molecule has 1 atom stereocenters. The van der Waals surface area contributed by atoms with Crippen LogP contribution in [0.5, 0.6) is 0 Å². The molecule has 1 saturated heterocycles. The van der Waals surface area contributed by atoms with Crippen LogP contribution in [0.3, 0.4) is 0 Å². The third-order valence-electron chi connectivity index (χ3n) is 2.30. The molecule has 1 fully saturated rings. The molecule has 1 rings (SSSR count). The standard InChI is InChI=1S/C9H15NO3/c1-7-4-3-5-10(6-7)8(11)9(12)13-2/h7H,3-6H2,1-2H3. The molecule has 1 amide bonds. The molecule has 74 valence electrons. The van der Waals surface area contributed by atoms with Gasteiger partial charge in [0.25, 0.3) is 0 Å². The summed E-state index contributed by atoms with van der Waals surface area (Å²) in [6, 6.07) is 0. The molecule has 0 aromatic rings. The van der Waals surface area contributed by atoms with Gasteiger partial charge in [-0.15, -0.1) is 0 Å². The summed E-state index contributed by atoms with van der Waals surface area (Å²) in [5.41, 5.74) is 0. The van der Waals surface area contributed by atoms with Crippen LogP contribution in [0.1, 0.15) is 19.8 Å². The van der Waals surface area contributed by atoms with Crippen molar-refractivity contribution < 1.29 is 14.3 Å². The second kappa shape index (κ2) is 4.25. The number of esters is 1. The number of rotatable bonds is 0. The average Bonchev–Trinajstić information content (AvgIpc) is 2.15. The summed E-state index contributed by atoms with van der Waals surface area (Å²) in [5.74, 6) is -0.773. The van der Waals surface area contributed by atoms with Crippen LogP contribution in [0.2, 0.25) is 0 Å². The van der Waals surface area contributed by atoms with Gasteiger partial charge in [0.15, 0.2) is 0 Å². The van der Waals surface area contributed by atoms with Gasteiger partial charge in [0.2, 0.25) is 0 Å². The molecule has 4 nitrogen and oxygen atoms in total. The maximum atomic E-state index is 11.3. The number of carbonyl (C=O) groups excluding carboxylic acids is 2. The fourth-order valence-electron chi connectivity index (χ4n) is 1.59. The van der Waals surface area contributed by atoms with Crippen LogP contribution in [0.15, 0.2) is 0 Å². The molecule has 0 spiro atoms. The van der Waals surface area contributed by atoms with Gasteiger partial charge in [0.05, 0.1) is 7.11 Å². The van der Waals surface area contributed by atoms with Crippen LogP contribution in [-0.4, -0.2) is 37.0 Å². The van der Waals surface area contributed by atoms with E-state index < -0.39 is 11.9 Å². The zero-order valence-electron chi connectivity index (χ0n) is 8.08. The van der Waals surface area contributed by atoms with Gasteiger partial charge in [-0.1, -0.05) is 6.92 Å². The molecule has 1 unspecified atom stereocenters. The first-order valence-electron chi connectivity index (χ1n) is 4.52. The van der Waals surface area contributed by atoms with E-state index in [0.29, 0.717) is 19.0 Å². The number of amides is 1. The Morgan fingerprint density at radius 1 is 1.46 bits per heavy atom. The smallest absolute Gasteiger partial charge is 0.396 e. The summed E-state index contributed by atoms with van der Waals surface area (Å²) in [4.78, 5) is 23.8. The third kappa shape index (κ3) is 2.44. The molecular formula is C9H15NO3. The number of piperidine rings is 1. The van der Waals surface area contributed by atoms with Gasteiger partial charge < -0.3 is 9.64 Å². The number of nitrogens with zero attached hydrogens (tertiary/aromatic N) is 1. The Hall–Kier alpha value is -1.06. The van der Waals surface area contributed by atoms with Crippen LogP contribution in [-0.2, 0) is 14.3 Å². The first-order valence-corrected chi connectivity index (χ1v) is 4.52. The Kier molecular flexibility index (Phi) is 3.28. The van der Waals surface area contributed by atoms with E-state index in [1.807, 2.05) is 0 Å². The second-order valence-corrected chi connectivity index (χ2v) is 3.49. The van der Waals surface area contributed by atoms with E-state index in [4.69, 9.17) is 0 Å². The van der Waals surface area contributed by atoms with E-state index in [0.717, 1.165) is 12.8 Å². The van der Waals surface area contributed by atoms with Gasteiger partial charge >= 0.3 is 11.9 Å². The summed E-state index contributed by atoms with van der Waals surface area (Å²) in [6.45, 7) is 3.43.